The number of epoxide rings is 1. The molecule has 4 rings (SSSR count). The SMILES string of the molecule is CCCCC1OC1COc1ccc(-c2ncc(OCc3ccccc3)cn2)cc1. The van der Waals surface area contributed by atoms with Gasteiger partial charge in [0.25, 0.3) is 0 Å². The predicted molar refractivity (Wildman–Crippen MR) is 112 cm³/mol. The van der Waals surface area contributed by atoms with Crippen LogP contribution in [0.5, 0.6) is 11.5 Å². The zero-order chi connectivity index (χ0) is 19.9. The van der Waals surface area contributed by atoms with Crippen LogP contribution in [-0.4, -0.2) is 28.8 Å². The van der Waals surface area contributed by atoms with E-state index in [9.17, 15) is 0 Å². The number of rotatable bonds is 10. The molecule has 2 heterocycles. The number of hydrogen-bond acceptors (Lipinski definition) is 5. The highest BCUT2D eigenvalue weighted by atomic mass is 16.6. The Hall–Kier alpha value is -2.92. The largest absolute Gasteiger partial charge is 0.491 e. The molecule has 0 radical (unpaired) electrons. The van der Waals surface area contributed by atoms with Gasteiger partial charge in [0.15, 0.2) is 11.6 Å². The van der Waals surface area contributed by atoms with Crippen molar-refractivity contribution >= 4 is 0 Å². The van der Waals surface area contributed by atoms with Gasteiger partial charge < -0.3 is 14.2 Å². The molecule has 2 atom stereocenters. The van der Waals surface area contributed by atoms with Crippen molar-refractivity contribution in [3.05, 3.63) is 72.6 Å². The van der Waals surface area contributed by atoms with E-state index in [1.165, 1.54) is 12.8 Å². The summed E-state index contributed by atoms with van der Waals surface area (Å²) in [5, 5.41) is 0. The van der Waals surface area contributed by atoms with Gasteiger partial charge >= 0.3 is 0 Å². The minimum Gasteiger partial charge on any atom is -0.491 e. The molecule has 0 bridgehead atoms. The highest BCUT2D eigenvalue weighted by Crippen LogP contribution is 2.28. The van der Waals surface area contributed by atoms with Crippen LogP contribution in [0.2, 0.25) is 0 Å². The van der Waals surface area contributed by atoms with Gasteiger partial charge in [0, 0.05) is 5.56 Å². The van der Waals surface area contributed by atoms with Crippen LogP contribution in [0.15, 0.2) is 67.0 Å². The molecule has 0 N–H and O–H groups in total. The maximum Gasteiger partial charge on any atom is 0.159 e. The first kappa shape index (κ1) is 19.4. The number of ether oxygens (including phenoxy) is 3. The summed E-state index contributed by atoms with van der Waals surface area (Å²) in [6, 6.07) is 17.9. The molecule has 5 nitrogen and oxygen atoms in total. The second-order valence-electron chi connectivity index (χ2n) is 7.21. The molecule has 2 aromatic carbocycles. The maximum absolute atomic E-state index is 5.84. The van der Waals surface area contributed by atoms with E-state index in [0.29, 0.717) is 30.9 Å². The monoisotopic (exact) mass is 390 g/mol. The van der Waals surface area contributed by atoms with Gasteiger partial charge in [-0.2, -0.15) is 0 Å². The van der Waals surface area contributed by atoms with Crippen LogP contribution >= 0.6 is 0 Å². The molecule has 1 fully saturated rings. The Labute approximate surface area is 171 Å². The molecule has 0 aliphatic carbocycles. The number of aromatic nitrogens is 2. The summed E-state index contributed by atoms with van der Waals surface area (Å²) in [7, 11) is 0. The summed E-state index contributed by atoms with van der Waals surface area (Å²) < 4.78 is 17.2. The van der Waals surface area contributed by atoms with Gasteiger partial charge in [-0.15, -0.1) is 0 Å². The average molecular weight is 390 g/mol. The molecule has 3 aromatic rings. The second kappa shape index (κ2) is 9.52. The van der Waals surface area contributed by atoms with Crippen LogP contribution in [0.4, 0.5) is 0 Å². The fourth-order valence-electron chi connectivity index (χ4n) is 3.14. The van der Waals surface area contributed by atoms with Crippen LogP contribution in [0.25, 0.3) is 11.4 Å². The van der Waals surface area contributed by atoms with Crippen LogP contribution in [0.3, 0.4) is 0 Å². The Morgan fingerprint density at radius 3 is 2.34 bits per heavy atom. The normalized spacial score (nSPS) is 17.7. The summed E-state index contributed by atoms with van der Waals surface area (Å²) in [4.78, 5) is 8.83. The zero-order valence-corrected chi connectivity index (χ0v) is 16.7. The zero-order valence-electron chi connectivity index (χ0n) is 16.7. The summed E-state index contributed by atoms with van der Waals surface area (Å²) in [5.41, 5.74) is 2.05. The smallest absolute Gasteiger partial charge is 0.159 e. The van der Waals surface area contributed by atoms with Crippen molar-refractivity contribution in [1.82, 2.24) is 9.97 Å². The van der Waals surface area contributed by atoms with Gasteiger partial charge in [-0.05, 0) is 36.2 Å². The van der Waals surface area contributed by atoms with Crippen LogP contribution in [-0.2, 0) is 11.3 Å². The Balaban J connectivity index is 1.26. The molecule has 1 saturated heterocycles. The molecule has 1 aliphatic rings. The van der Waals surface area contributed by atoms with Gasteiger partial charge in [0.2, 0.25) is 0 Å². The van der Waals surface area contributed by atoms with Crippen molar-refractivity contribution in [1.29, 1.82) is 0 Å². The van der Waals surface area contributed by atoms with E-state index in [-0.39, 0.29) is 6.10 Å². The lowest BCUT2D eigenvalue weighted by Gasteiger charge is -2.07. The van der Waals surface area contributed by atoms with E-state index in [4.69, 9.17) is 14.2 Å². The Kier molecular flexibility index (Phi) is 6.37. The number of hydrogen-bond donors (Lipinski definition) is 0. The van der Waals surface area contributed by atoms with Crippen molar-refractivity contribution in [3.8, 4) is 22.9 Å². The Bertz CT molecular complexity index is 882. The standard InChI is InChI=1S/C24H26N2O3/c1-2-3-9-22-23(29-22)17-28-20-12-10-19(11-13-20)24-25-14-21(15-26-24)27-16-18-7-5-4-6-8-18/h4-8,10-15,22-23H,2-3,9,16-17H2,1H3. The molecule has 0 spiro atoms. The van der Waals surface area contributed by atoms with Crippen molar-refractivity contribution in [2.75, 3.05) is 6.61 Å². The van der Waals surface area contributed by atoms with E-state index >= 15 is 0 Å². The third-order valence-electron chi connectivity index (χ3n) is 4.93. The molecule has 1 aromatic heterocycles. The van der Waals surface area contributed by atoms with E-state index < -0.39 is 0 Å². The van der Waals surface area contributed by atoms with Crippen LogP contribution in [0, 0.1) is 0 Å². The Morgan fingerprint density at radius 1 is 0.862 bits per heavy atom. The van der Waals surface area contributed by atoms with Crippen LogP contribution < -0.4 is 9.47 Å². The third-order valence-corrected chi connectivity index (χ3v) is 4.93. The molecule has 29 heavy (non-hydrogen) atoms. The van der Waals surface area contributed by atoms with Gasteiger partial charge in [-0.3, -0.25) is 0 Å². The maximum atomic E-state index is 5.84. The minimum absolute atomic E-state index is 0.244. The lowest BCUT2D eigenvalue weighted by atomic mass is 10.1. The highest BCUT2D eigenvalue weighted by molar-refractivity contribution is 5.56. The van der Waals surface area contributed by atoms with E-state index in [1.54, 1.807) is 12.4 Å². The number of unbranched alkanes of at least 4 members (excludes halogenated alkanes) is 1. The second-order valence-corrected chi connectivity index (χ2v) is 7.21. The lowest BCUT2D eigenvalue weighted by Crippen LogP contribution is -2.07. The van der Waals surface area contributed by atoms with Gasteiger partial charge in [0.1, 0.15) is 25.1 Å². The van der Waals surface area contributed by atoms with Crippen molar-refractivity contribution in [2.24, 2.45) is 0 Å². The molecule has 5 heteroatoms. The third kappa shape index (κ3) is 5.55. The summed E-state index contributed by atoms with van der Waals surface area (Å²) in [5.74, 6) is 2.15. The quantitative estimate of drug-likeness (QED) is 0.453. The molecule has 1 aliphatic heterocycles. The van der Waals surface area contributed by atoms with Crippen molar-refractivity contribution in [2.45, 2.75) is 45.0 Å². The summed E-state index contributed by atoms with van der Waals surface area (Å²) in [6.07, 6.45) is 7.58. The first-order valence-corrected chi connectivity index (χ1v) is 10.2. The first-order chi connectivity index (χ1) is 14.3. The van der Waals surface area contributed by atoms with Crippen LogP contribution in [0.1, 0.15) is 31.7 Å². The summed E-state index contributed by atoms with van der Waals surface area (Å²) in [6.45, 7) is 3.31. The molecule has 2 unspecified atom stereocenters. The van der Waals surface area contributed by atoms with Gasteiger partial charge in [-0.1, -0.05) is 50.1 Å². The van der Waals surface area contributed by atoms with E-state index in [2.05, 4.69) is 16.9 Å². The highest BCUT2D eigenvalue weighted by Gasteiger charge is 2.38. The molecule has 150 valence electrons. The Morgan fingerprint density at radius 2 is 1.62 bits per heavy atom. The molecular formula is C24H26N2O3. The van der Waals surface area contributed by atoms with Gasteiger partial charge in [0.05, 0.1) is 18.5 Å². The van der Waals surface area contributed by atoms with Crippen molar-refractivity contribution in [3.63, 3.8) is 0 Å². The fourth-order valence-corrected chi connectivity index (χ4v) is 3.14. The number of benzene rings is 2. The average Bonchev–Trinajstić information content (AvgIpc) is 3.55. The molecule has 0 saturated carbocycles. The summed E-state index contributed by atoms with van der Waals surface area (Å²) >= 11 is 0. The van der Waals surface area contributed by atoms with Crippen molar-refractivity contribution < 1.29 is 14.2 Å². The number of nitrogens with zero attached hydrogens (tertiary/aromatic N) is 2. The minimum atomic E-state index is 0.244. The van der Waals surface area contributed by atoms with E-state index in [0.717, 1.165) is 23.3 Å². The van der Waals surface area contributed by atoms with E-state index in [1.807, 2.05) is 54.6 Å². The molecular weight excluding hydrogens is 364 g/mol. The fraction of sp³-hybridized carbons (Fsp3) is 0.333. The van der Waals surface area contributed by atoms with Gasteiger partial charge in [-0.25, -0.2) is 9.97 Å². The predicted octanol–water partition coefficient (Wildman–Crippen LogP) is 5.06. The first-order valence-electron chi connectivity index (χ1n) is 10.2. The molecule has 0 amide bonds. The topological polar surface area (TPSA) is 56.8 Å². The lowest BCUT2D eigenvalue weighted by molar-refractivity contribution is 0.259.